The molecule has 0 bridgehead atoms. The van der Waals surface area contributed by atoms with Crippen LogP contribution in [0.25, 0.3) is 10.8 Å². The summed E-state index contributed by atoms with van der Waals surface area (Å²) in [6.45, 7) is 3.77. The molecule has 0 heterocycles. The van der Waals surface area contributed by atoms with E-state index in [1.165, 1.54) is 19.3 Å². The van der Waals surface area contributed by atoms with E-state index in [9.17, 15) is 13.2 Å². The van der Waals surface area contributed by atoms with Gasteiger partial charge < -0.3 is 0 Å². The lowest BCUT2D eigenvalue weighted by Crippen LogP contribution is -2.13. The molecule has 23 heavy (non-hydrogen) atoms. The topological polar surface area (TPSA) is 0 Å². The molecule has 0 spiro atoms. The second-order valence-corrected chi connectivity index (χ2v) is 6.55. The fourth-order valence-electron chi connectivity index (χ4n) is 3.72. The minimum absolute atomic E-state index is 0.146. The van der Waals surface area contributed by atoms with Gasteiger partial charge in [0.2, 0.25) is 0 Å². The predicted octanol–water partition coefficient (Wildman–Crippen LogP) is 6.50. The molecule has 3 rings (SSSR count). The van der Waals surface area contributed by atoms with Crippen LogP contribution in [-0.4, -0.2) is 0 Å². The van der Waals surface area contributed by atoms with Crippen molar-refractivity contribution in [2.45, 2.75) is 44.4 Å². The molecule has 0 aromatic heterocycles. The number of rotatable bonds is 4. The number of allylic oxidation sites excluding steroid dienone is 1. The highest BCUT2D eigenvalue weighted by Gasteiger charge is 2.22. The lowest BCUT2D eigenvalue weighted by molar-refractivity contribution is 0.312. The maximum absolute atomic E-state index is 13.8. The summed E-state index contributed by atoms with van der Waals surface area (Å²) in [5.74, 6) is -2.43. The molecule has 0 unspecified atom stereocenters. The third-order valence-electron chi connectivity index (χ3n) is 5.09. The molecule has 2 aromatic carbocycles. The normalized spacial score (nSPS) is 21.5. The van der Waals surface area contributed by atoms with Gasteiger partial charge in [-0.2, -0.15) is 0 Å². The first-order valence-corrected chi connectivity index (χ1v) is 8.28. The van der Waals surface area contributed by atoms with Gasteiger partial charge in [-0.15, -0.1) is 6.58 Å². The second-order valence-electron chi connectivity index (χ2n) is 6.55. The van der Waals surface area contributed by atoms with Crippen molar-refractivity contribution in [3.05, 3.63) is 59.9 Å². The van der Waals surface area contributed by atoms with Crippen LogP contribution in [0.1, 0.15) is 50.0 Å². The van der Waals surface area contributed by atoms with E-state index in [-0.39, 0.29) is 5.39 Å². The fourth-order valence-corrected chi connectivity index (χ4v) is 3.72. The maximum Gasteiger partial charge on any atom is 0.195 e. The van der Waals surface area contributed by atoms with Crippen LogP contribution in [0, 0.1) is 23.4 Å². The largest absolute Gasteiger partial charge is 0.204 e. The van der Waals surface area contributed by atoms with Gasteiger partial charge in [0.25, 0.3) is 0 Å². The van der Waals surface area contributed by atoms with Crippen molar-refractivity contribution in [3.8, 4) is 0 Å². The van der Waals surface area contributed by atoms with Crippen molar-refractivity contribution >= 4 is 10.8 Å². The van der Waals surface area contributed by atoms with Gasteiger partial charge in [-0.1, -0.05) is 24.3 Å². The minimum Gasteiger partial charge on any atom is -0.204 e. The van der Waals surface area contributed by atoms with Crippen LogP contribution in [0.2, 0.25) is 0 Å². The molecule has 1 aliphatic rings. The quantitative estimate of drug-likeness (QED) is 0.446. The zero-order valence-electron chi connectivity index (χ0n) is 13.1. The average Bonchev–Trinajstić information content (AvgIpc) is 2.58. The first-order valence-electron chi connectivity index (χ1n) is 8.28. The summed E-state index contributed by atoms with van der Waals surface area (Å²) >= 11 is 0. The summed E-state index contributed by atoms with van der Waals surface area (Å²) in [5.41, 5.74) is 1.10. The number of benzene rings is 2. The summed E-state index contributed by atoms with van der Waals surface area (Å²) in [6, 6.07) is 6.34. The molecule has 0 nitrogen and oxygen atoms in total. The highest BCUT2D eigenvalue weighted by molar-refractivity contribution is 5.84. The minimum atomic E-state index is -1.40. The van der Waals surface area contributed by atoms with E-state index in [0.29, 0.717) is 11.3 Å². The smallest absolute Gasteiger partial charge is 0.195 e. The van der Waals surface area contributed by atoms with Gasteiger partial charge >= 0.3 is 0 Å². The first kappa shape index (κ1) is 16.1. The second kappa shape index (κ2) is 6.77. The summed E-state index contributed by atoms with van der Waals surface area (Å²) < 4.78 is 40.5. The van der Waals surface area contributed by atoms with Crippen LogP contribution in [0.4, 0.5) is 13.2 Å². The summed E-state index contributed by atoms with van der Waals surface area (Å²) in [7, 11) is 0. The van der Waals surface area contributed by atoms with Crippen molar-refractivity contribution in [3.63, 3.8) is 0 Å². The predicted molar refractivity (Wildman–Crippen MR) is 88.0 cm³/mol. The molecule has 0 amide bonds. The van der Waals surface area contributed by atoms with Gasteiger partial charge in [0.15, 0.2) is 17.5 Å². The lowest BCUT2D eigenvalue weighted by Gasteiger charge is -2.28. The number of hydrogen-bond donors (Lipinski definition) is 0. The average molecular weight is 318 g/mol. The molecule has 0 atom stereocenters. The number of halogens is 3. The Kier molecular flexibility index (Phi) is 4.74. The Morgan fingerprint density at radius 2 is 1.74 bits per heavy atom. The van der Waals surface area contributed by atoms with E-state index in [4.69, 9.17) is 0 Å². The van der Waals surface area contributed by atoms with E-state index in [0.717, 1.165) is 36.8 Å². The molecular formula is C20H21F3. The van der Waals surface area contributed by atoms with Crippen molar-refractivity contribution in [2.24, 2.45) is 5.92 Å². The summed E-state index contributed by atoms with van der Waals surface area (Å²) in [5, 5.41) is 0.583. The van der Waals surface area contributed by atoms with E-state index in [1.807, 2.05) is 18.2 Å². The van der Waals surface area contributed by atoms with Gasteiger partial charge in [-0.05, 0) is 67.4 Å². The zero-order chi connectivity index (χ0) is 16.4. The molecule has 0 saturated heterocycles. The molecule has 0 radical (unpaired) electrons. The van der Waals surface area contributed by atoms with Gasteiger partial charge in [0.1, 0.15) is 0 Å². The van der Waals surface area contributed by atoms with Crippen molar-refractivity contribution < 1.29 is 13.2 Å². The molecule has 2 aromatic rings. The molecular weight excluding hydrogens is 297 g/mol. The third kappa shape index (κ3) is 3.29. The van der Waals surface area contributed by atoms with E-state index >= 15 is 0 Å². The van der Waals surface area contributed by atoms with Crippen molar-refractivity contribution in [1.29, 1.82) is 0 Å². The molecule has 1 fully saturated rings. The van der Waals surface area contributed by atoms with E-state index in [2.05, 4.69) is 6.58 Å². The molecule has 122 valence electrons. The van der Waals surface area contributed by atoms with Crippen LogP contribution in [0.15, 0.2) is 36.9 Å². The number of hydrogen-bond acceptors (Lipinski definition) is 0. The SMILES string of the molecule is C=CCC[C@H]1CC[C@H](c2ccc3c(F)c(F)c(F)cc3c2)CC1. The Bertz CT molecular complexity index is 712. The molecule has 1 saturated carbocycles. The zero-order valence-corrected chi connectivity index (χ0v) is 13.1. The fraction of sp³-hybridized carbons (Fsp3) is 0.400. The first-order chi connectivity index (χ1) is 11.1. The Morgan fingerprint density at radius 1 is 1.00 bits per heavy atom. The van der Waals surface area contributed by atoms with Crippen LogP contribution in [-0.2, 0) is 0 Å². The third-order valence-corrected chi connectivity index (χ3v) is 5.09. The van der Waals surface area contributed by atoms with Gasteiger partial charge in [-0.25, -0.2) is 13.2 Å². The monoisotopic (exact) mass is 318 g/mol. The Hall–Kier alpha value is -1.77. The van der Waals surface area contributed by atoms with Crippen LogP contribution in [0.5, 0.6) is 0 Å². The molecule has 3 heteroatoms. The van der Waals surface area contributed by atoms with Gasteiger partial charge in [0.05, 0.1) is 0 Å². The van der Waals surface area contributed by atoms with Crippen LogP contribution in [0.3, 0.4) is 0 Å². The summed E-state index contributed by atoms with van der Waals surface area (Å²) in [4.78, 5) is 0. The Morgan fingerprint density at radius 3 is 2.43 bits per heavy atom. The summed E-state index contributed by atoms with van der Waals surface area (Å²) in [6.07, 6.45) is 8.79. The van der Waals surface area contributed by atoms with Crippen LogP contribution >= 0.6 is 0 Å². The molecule has 0 N–H and O–H groups in total. The Labute approximate surface area is 135 Å². The Balaban J connectivity index is 1.79. The van der Waals surface area contributed by atoms with Crippen molar-refractivity contribution in [1.82, 2.24) is 0 Å². The van der Waals surface area contributed by atoms with Gasteiger partial charge in [0, 0.05) is 5.39 Å². The molecule has 0 aliphatic heterocycles. The standard InChI is InChI=1S/C20H21F3/c1-2-3-4-13-5-7-14(8-6-13)15-9-10-17-16(11-15)12-18(21)20(23)19(17)22/h2,9-14H,1,3-8H2/t13-,14-. The molecule has 1 aliphatic carbocycles. The lowest BCUT2D eigenvalue weighted by atomic mass is 9.77. The van der Waals surface area contributed by atoms with Crippen LogP contribution < -0.4 is 0 Å². The number of fused-ring (bicyclic) bond motifs is 1. The maximum atomic E-state index is 13.8. The van der Waals surface area contributed by atoms with Crippen molar-refractivity contribution in [2.75, 3.05) is 0 Å². The van der Waals surface area contributed by atoms with Gasteiger partial charge in [-0.3, -0.25) is 0 Å². The van der Waals surface area contributed by atoms with E-state index in [1.54, 1.807) is 6.07 Å². The van der Waals surface area contributed by atoms with E-state index < -0.39 is 17.5 Å². The highest BCUT2D eigenvalue weighted by Crippen LogP contribution is 2.38. The highest BCUT2D eigenvalue weighted by atomic mass is 19.2.